The summed E-state index contributed by atoms with van der Waals surface area (Å²) in [4.78, 5) is 24.2. The summed E-state index contributed by atoms with van der Waals surface area (Å²) in [5.41, 5.74) is 3.34. The summed E-state index contributed by atoms with van der Waals surface area (Å²) in [6.45, 7) is 1.02. The Morgan fingerprint density at radius 3 is 2.82 bits per heavy atom. The first-order chi connectivity index (χ1) is 18.4. The van der Waals surface area contributed by atoms with Gasteiger partial charge in [0.1, 0.15) is 23.7 Å². The van der Waals surface area contributed by atoms with Crippen molar-refractivity contribution in [3.8, 4) is 16.9 Å². The number of amides is 1. The zero-order valence-corrected chi connectivity index (χ0v) is 21.8. The number of hydrogen-bond donors (Lipinski definition) is 2. The van der Waals surface area contributed by atoms with E-state index in [1.807, 2.05) is 42.5 Å². The highest BCUT2D eigenvalue weighted by Gasteiger charge is 2.20. The lowest BCUT2D eigenvalue weighted by Gasteiger charge is -2.17. The van der Waals surface area contributed by atoms with E-state index in [0.717, 1.165) is 30.5 Å². The predicted molar refractivity (Wildman–Crippen MR) is 150 cm³/mol. The molecule has 5 rings (SSSR count). The number of likely N-dealkylation sites (N-methyl/N-ethyl adjacent to an activating group) is 1. The van der Waals surface area contributed by atoms with Crippen molar-refractivity contribution < 1.29 is 13.9 Å². The topological polar surface area (TPSA) is 79.4 Å². The Labute approximate surface area is 225 Å². The maximum Gasteiger partial charge on any atom is 0.248 e. The second-order valence-corrected chi connectivity index (χ2v) is 9.54. The highest BCUT2D eigenvalue weighted by atomic mass is 35.5. The molecule has 0 saturated carbocycles. The van der Waals surface area contributed by atoms with Crippen molar-refractivity contribution in [2.75, 3.05) is 31.3 Å². The summed E-state index contributed by atoms with van der Waals surface area (Å²) in [5.74, 6) is 0.404. The van der Waals surface area contributed by atoms with Gasteiger partial charge in [0, 0.05) is 29.1 Å². The lowest BCUT2D eigenvalue weighted by molar-refractivity contribution is -0.111. The van der Waals surface area contributed by atoms with E-state index in [-0.39, 0.29) is 17.0 Å². The van der Waals surface area contributed by atoms with Crippen molar-refractivity contribution in [3.05, 3.63) is 83.9 Å². The summed E-state index contributed by atoms with van der Waals surface area (Å²) < 4.78 is 19.2. The van der Waals surface area contributed by atoms with Crippen LogP contribution in [0, 0.1) is 5.82 Å². The van der Waals surface area contributed by atoms with Crippen molar-refractivity contribution in [1.29, 1.82) is 0 Å². The van der Waals surface area contributed by atoms with Gasteiger partial charge >= 0.3 is 0 Å². The van der Waals surface area contributed by atoms with E-state index in [1.165, 1.54) is 18.5 Å². The van der Waals surface area contributed by atoms with Crippen LogP contribution in [0.15, 0.2) is 73.1 Å². The molecule has 1 aromatic heterocycles. The van der Waals surface area contributed by atoms with Crippen LogP contribution in [-0.2, 0) is 4.79 Å². The van der Waals surface area contributed by atoms with Crippen LogP contribution in [-0.4, -0.2) is 47.5 Å². The van der Waals surface area contributed by atoms with Crippen LogP contribution in [0.2, 0.25) is 5.02 Å². The minimum atomic E-state index is -0.510. The molecule has 38 heavy (non-hydrogen) atoms. The van der Waals surface area contributed by atoms with Gasteiger partial charge in [-0.1, -0.05) is 29.8 Å². The van der Waals surface area contributed by atoms with Crippen molar-refractivity contribution in [2.45, 2.75) is 18.9 Å². The second-order valence-electron chi connectivity index (χ2n) is 9.13. The van der Waals surface area contributed by atoms with E-state index in [0.29, 0.717) is 33.8 Å². The van der Waals surface area contributed by atoms with E-state index < -0.39 is 5.82 Å². The number of carbonyl (C=O) groups excluding carboxylic acids is 1. The molecule has 1 fully saturated rings. The normalized spacial score (nSPS) is 15.7. The number of likely N-dealkylation sites (tertiary alicyclic amines) is 1. The molecule has 1 aliphatic heterocycles. The average molecular weight is 532 g/mol. The van der Waals surface area contributed by atoms with Crippen molar-refractivity contribution in [2.24, 2.45) is 0 Å². The number of nitrogens with one attached hydrogen (secondary N) is 2. The predicted octanol–water partition coefficient (Wildman–Crippen LogP) is 6.43. The van der Waals surface area contributed by atoms with Gasteiger partial charge in [0.15, 0.2) is 0 Å². The summed E-state index contributed by atoms with van der Waals surface area (Å²) >= 11 is 6.01. The number of benzene rings is 3. The van der Waals surface area contributed by atoms with E-state index in [9.17, 15) is 9.18 Å². The van der Waals surface area contributed by atoms with Gasteiger partial charge in [-0.05, 0) is 74.5 Å². The Bertz CT molecular complexity index is 1530. The minimum absolute atomic E-state index is 0.00553. The largest absolute Gasteiger partial charge is 0.497 e. The molecule has 1 unspecified atom stereocenters. The molecular formula is C29H27ClFN5O2. The van der Waals surface area contributed by atoms with Crippen LogP contribution in [0.4, 0.5) is 21.6 Å². The van der Waals surface area contributed by atoms with Crippen LogP contribution >= 0.6 is 11.6 Å². The molecule has 9 heteroatoms. The summed E-state index contributed by atoms with van der Waals surface area (Å²) in [7, 11) is 3.66. The third-order valence-electron chi connectivity index (χ3n) is 6.65. The van der Waals surface area contributed by atoms with E-state index in [4.69, 9.17) is 16.3 Å². The van der Waals surface area contributed by atoms with E-state index in [1.54, 1.807) is 19.3 Å². The number of rotatable bonds is 7. The van der Waals surface area contributed by atoms with Crippen molar-refractivity contribution in [1.82, 2.24) is 14.9 Å². The van der Waals surface area contributed by atoms with Gasteiger partial charge in [0.2, 0.25) is 5.91 Å². The third-order valence-corrected chi connectivity index (χ3v) is 6.94. The zero-order chi connectivity index (χ0) is 26.6. The molecule has 1 aliphatic rings. The second kappa shape index (κ2) is 11.2. The molecule has 7 nitrogen and oxygen atoms in total. The standard InChI is InChI=1S/C29H27ClFN5O2/c1-36-14-4-6-20(36)9-13-26(37)35-25-12-11-24-28(27(25)18-5-3-7-21(15-18)38-2)29(33-17-32-24)34-19-8-10-23(31)22(30)16-19/h3,5,7-13,15-17,20H,4,6,14H2,1-2H3,(H,35,37)(H,32,33,34)/b13-9+. The minimum Gasteiger partial charge on any atom is -0.497 e. The van der Waals surface area contributed by atoms with Crippen molar-refractivity contribution in [3.63, 3.8) is 0 Å². The van der Waals surface area contributed by atoms with E-state index in [2.05, 4.69) is 32.5 Å². The van der Waals surface area contributed by atoms with Crippen LogP contribution in [0.25, 0.3) is 22.0 Å². The molecule has 194 valence electrons. The first kappa shape index (κ1) is 25.6. The molecule has 3 aromatic carbocycles. The smallest absolute Gasteiger partial charge is 0.248 e. The number of methoxy groups -OCH3 is 1. The van der Waals surface area contributed by atoms with Crippen molar-refractivity contribution >= 4 is 45.6 Å². The Hall–Kier alpha value is -4.01. The van der Waals surface area contributed by atoms with Gasteiger partial charge in [-0.25, -0.2) is 14.4 Å². The third kappa shape index (κ3) is 5.46. The SMILES string of the molecule is COc1cccc(-c2c(NC(=O)/C=C/C3CCCN3C)ccc3ncnc(Nc4ccc(F)c(Cl)c4)c23)c1. The summed E-state index contributed by atoms with van der Waals surface area (Å²) in [6, 6.07) is 15.8. The quantitative estimate of drug-likeness (QED) is 0.267. The Morgan fingerprint density at radius 2 is 2.05 bits per heavy atom. The van der Waals surface area contributed by atoms with Crippen LogP contribution in [0.1, 0.15) is 12.8 Å². The molecular weight excluding hydrogens is 505 g/mol. The number of anilines is 3. The van der Waals surface area contributed by atoms with Gasteiger partial charge in [0.25, 0.3) is 0 Å². The van der Waals surface area contributed by atoms with Crippen LogP contribution < -0.4 is 15.4 Å². The number of carbonyl (C=O) groups is 1. The zero-order valence-electron chi connectivity index (χ0n) is 21.0. The summed E-state index contributed by atoms with van der Waals surface area (Å²) in [6.07, 6.45) is 7.14. The first-order valence-corrected chi connectivity index (χ1v) is 12.6. The Balaban J connectivity index is 1.60. The van der Waals surface area contributed by atoms with Gasteiger partial charge in [-0.3, -0.25) is 9.69 Å². The fourth-order valence-electron chi connectivity index (χ4n) is 4.69. The Morgan fingerprint density at radius 1 is 1.18 bits per heavy atom. The molecule has 0 bridgehead atoms. The summed E-state index contributed by atoms with van der Waals surface area (Å²) in [5, 5.41) is 6.96. The fourth-order valence-corrected chi connectivity index (χ4v) is 4.87. The number of fused-ring (bicyclic) bond motifs is 1. The molecule has 4 aromatic rings. The first-order valence-electron chi connectivity index (χ1n) is 12.3. The van der Waals surface area contributed by atoms with Gasteiger partial charge < -0.3 is 15.4 Å². The number of nitrogens with zero attached hydrogens (tertiary/aromatic N) is 3. The maximum absolute atomic E-state index is 13.8. The molecule has 0 aliphatic carbocycles. The molecule has 2 heterocycles. The maximum atomic E-state index is 13.8. The van der Waals surface area contributed by atoms with Gasteiger partial charge in [-0.2, -0.15) is 0 Å². The molecule has 1 amide bonds. The lowest BCUT2D eigenvalue weighted by Crippen LogP contribution is -2.23. The molecule has 1 atom stereocenters. The van der Waals surface area contributed by atoms with Gasteiger partial charge in [-0.15, -0.1) is 0 Å². The van der Waals surface area contributed by atoms with Crippen LogP contribution in [0.3, 0.4) is 0 Å². The highest BCUT2D eigenvalue weighted by Crippen LogP contribution is 2.40. The Kier molecular flexibility index (Phi) is 7.53. The fraction of sp³-hybridized carbons (Fsp3) is 0.207. The number of hydrogen-bond acceptors (Lipinski definition) is 6. The highest BCUT2D eigenvalue weighted by molar-refractivity contribution is 6.31. The van der Waals surface area contributed by atoms with Gasteiger partial charge in [0.05, 0.1) is 23.0 Å². The molecule has 0 radical (unpaired) electrons. The number of ether oxygens (including phenoxy) is 1. The molecule has 1 saturated heterocycles. The number of aromatic nitrogens is 2. The average Bonchev–Trinajstić information content (AvgIpc) is 3.34. The monoisotopic (exact) mass is 531 g/mol. The van der Waals surface area contributed by atoms with Crippen LogP contribution in [0.5, 0.6) is 5.75 Å². The van der Waals surface area contributed by atoms with E-state index >= 15 is 0 Å². The molecule has 0 spiro atoms. The number of halogens is 2. The lowest BCUT2D eigenvalue weighted by atomic mass is 9.98. The molecule has 2 N–H and O–H groups in total.